The fourth-order valence-corrected chi connectivity index (χ4v) is 3.72. The summed E-state index contributed by atoms with van der Waals surface area (Å²) < 4.78 is 26.6. The van der Waals surface area contributed by atoms with Crippen molar-refractivity contribution in [2.75, 3.05) is 4.72 Å². The van der Waals surface area contributed by atoms with E-state index in [9.17, 15) is 8.42 Å². The highest BCUT2D eigenvalue weighted by atomic mass is 35.5. The van der Waals surface area contributed by atoms with E-state index in [0.29, 0.717) is 6.54 Å². The van der Waals surface area contributed by atoms with Crippen molar-refractivity contribution in [2.24, 2.45) is 5.73 Å². The standard InChI is InChI=1S/C10H10ClN3O2S2/c11-8-2-1-3-13-10(8)14-18(15,16)9-4-7(5-12)6-17-9/h1-4,6H,5,12H2,(H,13,14). The molecule has 0 unspecified atom stereocenters. The summed E-state index contributed by atoms with van der Waals surface area (Å²) in [5, 5.41) is 1.95. The van der Waals surface area contributed by atoms with Crippen LogP contribution in [0.1, 0.15) is 5.56 Å². The average Bonchev–Trinajstić information content (AvgIpc) is 2.81. The van der Waals surface area contributed by atoms with Gasteiger partial charge in [0, 0.05) is 12.7 Å². The number of aromatic nitrogens is 1. The highest BCUT2D eigenvalue weighted by molar-refractivity contribution is 7.94. The molecular weight excluding hydrogens is 294 g/mol. The third kappa shape index (κ3) is 2.81. The van der Waals surface area contributed by atoms with Crippen LogP contribution in [0.15, 0.2) is 34.0 Å². The van der Waals surface area contributed by atoms with E-state index in [4.69, 9.17) is 17.3 Å². The second-order valence-corrected chi connectivity index (χ2v) is 6.65. The number of sulfonamides is 1. The van der Waals surface area contributed by atoms with Gasteiger partial charge in [0.2, 0.25) is 0 Å². The van der Waals surface area contributed by atoms with Crippen LogP contribution in [0.25, 0.3) is 0 Å². The van der Waals surface area contributed by atoms with Gasteiger partial charge in [-0.05, 0) is 29.1 Å². The summed E-state index contributed by atoms with van der Waals surface area (Å²) >= 11 is 6.95. The van der Waals surface area contributed by atoms with Crippen molar-refractivity contribution in [3.05, 3.63) is 40.4 Å². The summed E-state index contributed by atoms with van der Waals surface area (Å²) in [5.74, 6) is 0.113. The van der Waals surface area contributed by atoms with E-state index in [-0.39, 0.29) is 15.0 Å². The molecular formula is C10H10ClN3O2S2. The van der Waals surface area contributed by atoms with Crippen LogP contribution in [-0.2, 0) is 16.6 Å². The van der Waals surface area contributed by atoms with Gasteiger partial charge >= 0.3 is 0 Å². The van der Waals surface area contributed by atoms with Gasteiger partial charge in [0.05, 0.1) is 5.02 Å². The maximum Gasteiger partial charge on any atom is 0.272 e. The number of nitrogens with one attached hydrogen (secondary N) is 1. The number of nitrogens with zero attached hydrogens (tertiary/aromatic N) is 1. The van der Waals surface area contributed by atoms with Crippen LogP contribution in [-0.4, -0.2) is 13.4 Å². The molecule has 0 aromatic carbocycles. The molecule has 0 saturated heterocycles. The third-order valence-corrected chi connectivity index (χ3v) is 5.25. The van der Waals surface area contributed by atoms with Crippen LogP contribution in [0.3, 0.4) is 0 Å². The second-order valence-electron chi connectivity index (χ2n) is 3.42. The second kappa shape index (κ2) is 5.23. The molecule has 0 aliphatic carbocycles. The molecule has 96 valence electrons. The Balaban J connectivity index is 2.30. The molecule has 2 aromatic rings. The van der Waals surface area contributed by atoms with Gasteiger partial charge in [0.1, 0.15) is 4.21 Å². The molecule has 18 heavy (non-hydrogen) atoms. The quantitative estimate of drug-likeness (QED) is 0.905. The first-order chi connectivity index (χ1) is 8.53. The molecule has 0 aliphatic rings. The summed E-state index contributed by atoms with van der Waals surface area (Å²) in [4.78, 5) is 3.87. The topological polar surface area (TPSA) is 85.1 Å². The predicted octanol–water partition coefficient (Wildman–Crippen LogP) is 2.06. The van der Waals surface area contributed by atoms with Crippen molar-refractivity contribution in [1.82, 2.24) is 4.98 Å². The lowest BCUT2D eigenvalue weighted by atomic mass is 10.4. The Labute approximate surface area is 114 Å². The van der Waals surface area contributed by atoms with E-state index in [0.717, 1.165) is 16.9 Å². The molecule has 2 aromatic heterocycles. The van der Waals surface area contributed by atoms with E-state index < -0.39 is 10.0 Å². The van der Waals surface area contributed by atoms with E-state index in [1.807, 2.05) is 0 Å². The molecule has 5 nitrogen and oxygen atoms in total. The molecule has 8 heteroatoms. The number of halogens is 1. The Hall–Kier alpha value is -1.15. The summed E-state index contributed by atoms with van der Waals surface area (Å²) in [6.07, 6.45) is 1.46. The monoisotopic (exact) mass is 303 g/mol. The first-order valence-corrected chi connectivity index (χ1v) is 7.68. The van der Waals surface area contributed by atoms with E-state index >= 15 is 0 Å². The van der Waals surface area contributed by atoms with Crippen LogP contribution in [0.4, 0.5) is 5.82 Å². The highest BCUT2D eigenvalue weighted by Gasteiger charge is 2.18. The molecule has 2 heterocycles. The van der Waals surface area contributed by atoms with Crippen molar-refractivity contribution < 1.29 is 8.42 Å². The van der Waals surface area contributed by atoms with Crippen LogP contribution in [0, 0.1) is 0 Å². The number of thiophene rings is 1. The minimum absolute atomic E-state index is 0.113. The van der Waals surface area contributed by atoms with Gasteiger partial charge in [-0.15, -0.1) is 11.3 Å². The molecule has 0 atom stereocenters. The Bertz CT molecular complexity index is 655. The van der Waals surface area contributed by atoms with Crippen molar-refractivity contribution in [2.45, 2.75) is 10.8 Å². The van der Waals surface area contributed by atoms with Crippen molar-refractivity contribution in [3.8, 4) is 0 Å². The molecule has 2 rings (SSSR count). The zero-order valence-electron chi connectivity index (χ0n) is 9.13. The zero-order chi connectivity index (χ0) is 13.2. The lowest BCUT2D eigenvalue weighted by Crippen LogP contribution is -2.12. The Morgan fingerprint density at radius 1 is 1.50 bits per heavy atom. The van der Waals surface area contributed by atoms with Gasteiger partial charge < -0.3 is 5.73 Å². The molecule has 0 saturated carbocycles. The molecule has 0 bridgehead atoms. The van der Waals surface area contributed by atoms with Crippen LogP contribution >= 0.6 is 22.9 Å². The summed E-state index contributed by atoms with van der Waals surface area (Å²) in [7, 11) is -3.66. The number of pyridine rings is 1. The maximum atomic E-state index is 12.0. The summed E-state index contributed by atoms with van der Waals surface area (Å²) in [6, 6.07) is 4.72. The van der Waals surface area contributed by atoms with Gasteiger partial charge in [0.15, 0.2) is 5.82 Å². The molecule has 0 fully saturated rings. The number of hydrogen-bond acceptors (Lipinski definition) is 5. The number of nitrogens with two attached hydrogens (primary N) is 1. The molecule has 0 radical (unpaired) electrons. The maximum absolute atomic E-state index is 12.0. The largest absolute Gasteiger partial charge is 0.326 e. The predicted molar refractivity (Wildman–Crippen MR) is 72.3 cm³/mol. The Morgan fingerprint density at radius 2 is 2.28 bits per heavy atom. The third-order valence-electron chi connectivity index (χ3n) is 2.12. The number of anilines is 1. The van der Waals surface area contributed by atoms with E-state index in [2.05, 4.69) is 9.71 Å². The first kappa shape index (κ1) is 13.3. The normalized spacial score (nSPS) is 11.4. The smallest absolute Gasteiger partial charge is 0.272 e. The van der Waals surface area contributed by atoms with Gasteiger partial charge in [-0.2, -0.15) is 0 Å². The number of hydrogen-bond donors (Lipinski definition) is 2. The highest BCUT2D eigenvalue weighted by Crippen LogP contribution is 2.25. The first-order valence-electron chi connectivity index (χ1n) is 4.94. The molecule has 0 spiro atoms. The van der Waals surface area contributed by atoms with Gasteiger partial charge in [-0.3, -0.25) is 4.72 Å². The molecule has 3 N–H and O–H groups in total. The summed E-state index contributed by atoms with van der Waals surface area (Å²) in [6.45, 7) is 0.302. The molecule has 0 amide bonds. The Morgan fingerprint density at radius 3 is 2.89 bits per heavy atom. The van der Waals surface area contributed by atoms with Crippen LogP contribution in [0.2, 0.25) is 5.02 Å². The zero-order valence-corrected chi connectivity index (χ0v) is 11.5. The lowest BCUT2D eigenvalue weighted by Gasteiger charge is -2.06. The minimum atomic E-state index is -3.66. The van der Waals surface area contributed by atoms with Crippen molar-refractivity contribution >= 4 is 38.8 Å². The lowest BCUT2D eigenvalue weighted by molar-refractivity contribution is 0.603. The fraction of sp³-hybridized carbons (Fsp3) is 0.100. The van der Waals surface area contributed by atoms with Crippen molar-refractivity contribution in [3.63, 3.8) is 0 Å². The molecule has 0 aliphatic heterocycles. The van der Waals surface area contributed by atoms with Crippen LogP contribution < -0.4 is 10.5 Å². The fourth-order valence-electron chi connectivity index (χ4n) is 1.24. The minimum Gasteiger partial charge on any atom is -0.326 e. The van der Waals surface area contributed by atoms with Gasteiger partial charge in [-0.1, -0.05) is 11.6 Å². The van der Waals surface area contributed by atoms with E-state index in [1.165, 1.54) is 12.3 Å². The van der Waals surface area contributed by atoms with Gasteiger partial charge in [0.25, 0.3) is 10.0 Å². The van der Waals surface area contributed by atoms with Crippen molar-refractivity contribution in [1.29, 1.82) is 0 Å². The number of rotatable bonds is 4. The SMILES string of the molecule is NCc1csc(S(=O)(=O)Nc2ncccc2Cl)c1. The van der Waals surface area contributed by atoms with Crippen LogP contribution in [0.5, 0.6) is 0 Å². The summed E-state index contributed by atoms with van der Waals surface area (Å²) in [5.41, 5.74) is 6.21. The average molecular weight is 304 g/mol. The van der Waals surface area contributed by atoms with Gasteiger partial charge in [-0.25, -0.2) is 13.4 Å². The van der Waals surface area contributed by atoms with E-state index in [1.54, 1.807) is 17.5 Å². The Kier molecular flexibility index (Phi) is 3.86.